The topological polar surface area (TPSA) is 32.8 Å². The normalized spacial score (nSPS) is 19.0. The van der Waals surface area contributed by atoms with Gasteiger partial charge in [-0.15, -0.1) is 12.4 Å². The minimum Gasteiger partial charge on any atom is -0.482 e. The van der Waals surface area contributed by atoms with Gasteiger partial charge in [0.2, 0.25) is 0 Å². The van der Waals surface area contributed by atoms with Crippen LogP contribution in [0.3, 0.4) is 0 Å². The Kier molecular flexibility index (Phi) is 9.03. The summed E-state index contributed by atoms with van der Waals surface area (Å²) in [7, 11) is 0. The number of benzene rings is 1. The highest BCUT2D eigenvalue weighted by Gasteiger charge is 2.23. The largest absolute Gasteiger partial charge is 0.482 e. The molecule has 3 rings (SSSR count). The molecule has 6 heteroatoms. The number of likely N-dealkylation sites (tertiary alicyclic amines) is 2. The summed E-state index contributed by atoms with van der Waals surface area (Å²) in [5, 5.41) is 0.548. The molecule has 0 spiro atoms. The average Bonchev–Trinajstić information content (AvgIpc) is 2.67. The van der Waals surface area contributed by atoms with E-state index in [-0.39, 0.29) is 24.9 Å². The van der Waals surface area contributed by atoms with Gasteiger partial charge in [0.15, 0.2) is 6.61 Å². The van der Waals surface area contributed by atoms with Crippen molar-refractivity contribution in [1.29, 1.82) is 0 Å². The summed E-state index contributed by atoms with van der Waals surface area (Å²) in [5.74, 6) is 1.40. The van der Waals surface area contributed by atoms with Gasteiger partial charge in [-0.3, -0.25) is 4.79 Å². The second-order valence-corrected chi connectivity index (χ2v) is 7.64. The van der Waals surface area contributed by atoms with Crippen molar-refractivity contribution in [3.8, 4) is 5.75 Å². The van der Waals surface area contributed by atoms with Crippen LogP contribution in [0, 0.1) is 5.92 Å². The predicted octanol–water partition coefficient (Wildman–Crippen LogP) is 4.26. The highest BCUT2D eigenvalue weighted by molar-refractivity contribution is 6.32. The molecular weight excluding hydrogens is 371 g/mol. The van der Waals surface area contributed by atoms with Crippen LogP contribution in [-0.2, 0) is 4.79 Å². The van der Waals surface area contributed by atoms with E-state index >= 15 is 0 Å². The number of halogens is 2. The highest BCUT2D eigenvalue weighted by atomic mass is 35.5. The van der Waals surface area contributed by atoms with Crippen molar-refractivity contribution in [1.82, 2.24) is 9.80 Å². The fourth-order valence-electron chi connectivity index (χ4n) is 3.81. The number of rotatable bonds is 6. The van der Waals surface area contributed by atoms with Crippen LogP contribution in [0.5, 0.6) is 5.75 Å². The molecule has 0 atom stereocenters. The van der Waals surface area contributed by atoms with E-state index in [2.05, 4.69) is 4.90 Å². The number of hydrogen-bond acceptors (Lipinski definition) is 3. The number of ether oxygens (including phenoxy) is 1. The van der Waals surface area contributed by atoms with Gasteiger partial charge in [-0.1, -0.05) is 30.2 Å². The third-order valence-corrected chi connectivity index (χ3v) is 5.77. The highest BCUT2D eigenvalue weighted by Crippen LogP contribution is 2.24. The van der Waals surface area contributed by atoms with Crippen LogP contribution in [0.2, 0.25) is 5.02 Å². The average molecular weight is 401 g/mol. The molecule has 2 aliphatic heterocycles. The predicted molar refractivity (Wildman–Crippen MR) is 108 cm³/mol. The van der Waals surface area contributed by atoms with Crippen LogP contribution in [0.1, 0.15) is 38.5 Å². The zero-order chi connectivity index (χ0) is 17.5. The van der Waals surface area contributed by atoms with E-state index in [4.69, 9.17) is 16.3 Å². The molecular formula is C20H30Cl2N2O2. The van der Waals surface area contributed by atoms with Gasteiger partial charge >= 0.3 is 0 Å². The van der Waals surface area contributed by atoms with Crippen molar-refractivity contribution in [3.05, 3.63) is 29.3 Å². The summed E-state index contributed by atoms with van der Waals surface area (Å²) in [6.45, 7) is 5.56. The van der Waals surface area contributed by atoms with Gasteiger partial charge < -0.3 is 14.5 Å². The van der Waals surface area contributed by atoms with Crippen molar-refractivity contribution in [2.24, 2.45) is 5.92 Å². The molecule has 1 aromatic carbocycles. The van der Waals surface area contributed by atoms with Gasteiger partial charge in [0, 0.05) is 13.1 Å². The Hall–Kier alpha value is -0.970. The van der Waals surface area contributed by atoms with E-state index in [1.54, 1.807) is 12.1 Å². The molecule has 1 aromatic rings. The summed E-state index contributed by atoms with van der Waals surface area (Å²) >= 11 is 6.06. The Morgan fingerprint density at radius 1 is 1.08 bits per heavy atom. The van der Waals surface area contributed by atoms with E-state index in [1.165, 1.54) is 45.3 Å². The number of piperidine rings is 2. The quantitative estimate of drug-likeness (QED) is 0.714. The number of amides is 1. The second kappa shape index (κ2) is 11.0. The van der Waals surface area contributed by atoms with E-state index in [9.17, 15) is 4.79 Å². The molecule has 2 aliphatic rings. The third kappa shape index (κ3) is 6.33. The Morgan fingerprint density at radius 2 is 1.77 bits per heavy atom. The van der Waals surface area contributed by atoms with Crippen molar-refractivity contribution in [3.63, 3.8) is 0 Å². The lowest BCUT2D eigenvalue weighted by atomic mass is 9.93. The summed E-state index contributed by atoms with van der Waals surface area (Å²) in [4.78, 5) is 16.9. The molecule has 0 unspecified atom stereocenters. The van der Waals surface area contributed by atoms with Crippen molar-refractivity contribution >= 4 is 29.9 Å². The smallest absolute Gasteiger partial charge is 0.260 e. The summed E-state index contributed by atoms with van der Waals surface area (Å²) in [6.07, 6.45) is 7.62. The van der Waals surface area contributed by atoms with Crippen molar-refractivity contribution < 1.29 is 9.53 Å². The van der Waals surface area contributed by atoms with Crippen LogP contribution in [0.4, 0.5) is 0 Å². The first kappa shape index (κ1) is 21.3. The first-order valence-electron chi connectivity index (χ1n) is 9.60. The standard InChI is InChI=1S/C20H29ClN2O2.ClH/c21-18-6-2-3-7-19(18)25-16-20(24)23-14-9-17(10-15-23)8-13-22-11-4-1-5-12-22;/h2-3,6-7,17H,1,4-5,8-16H2;1H. The lowest BCUT2D eigenvalue weighted by Crippen LogP contribution is -2.41. The number of nitrogens with zero attached hydrogens (tertiary/aromatic N) is 2. The molecule has 0 N–H and O–H groups in total. The Bertz CT molecular complexity index is 556. The summed E-state index contributed by atoms with van der Waals surface area (Å²) < 4.78 is 5.58. The van der Waals surface area contributed by atoms with Crippen molar-refractivity contribution in [2.75, 3.05) is 39.3 Å². The molecule has 2 heterocycles. The lowest BCUT2D eigenvalue weighted by Gasteiger charge is -2.34. The van der Waals surface area contributed by atoms with Gasteiger partial charge in [-0.05, 0) is 69.8 Å². The molecule has 0 radical (unpaired) electrons. The Labute approximate surface area is 168 Å². The molecule has 1 amide bonds. The van der Waals surface area contributed by atoms with Gasteiger partial charge in [0.1, 0.15) is 5.75 Å². The molecule has 2 fully saturated rings. The monoisotopic (exact) mass is 400 g/mol. The molecule has 0 bridgehead atoms. The van der Waals surface area contributed by atoms with E-state index in [0.717, 1.165) is 31.8 Å². The zero-order valence-corrected chi connectivity index (χ0v) is 16.9. The number of carbonyl (C=O) groups excluding carboxylic acids is 1. The van der Waals surface area contributed by atoms with Gasteiger partial charge in [0.05, 0.1) is 5.02 Å². The summed E-state index contributed by atoms with van der Waals surface area (Å²) in [5.41, 5.74) is 0. The molecule has 2 saturated heterocycles. The maximum Gasteiger partial charge on any atom is 0.260 e. The van der Waals surface area contributed by atoms with E-state index in [1.807, 2.05) is 17.0 Å². The Morgan fingerprint density at radius 3 is 2.46 bits per heavy atom. The van der Waals surface area contributed by atoms with E-state index in [0.29, 0.717) is 10.8 Å². The molecule has 146 valence electrons. The fraction of sp³-hybridized carbons (Fsp3) is 0.650. The first-order chi connectivity index (χ1) is 12.2. The first-order valence-corrected chi connectivity index (χ1v) is 9.97. The van der Waals surface area contributed by atoms with Crippen LogP contribution in [0.15, 0.2) is 24.3 Å². The molecule has 0 aliphatic carbocycles. The number of hydrogen-bond donors (Lipinski definition) is 0. The lowest BCUT2D eigenvalue weighted by molar-refractivity contribution is -0.134. The Balaban J connectivity index is 0.00000243. The number of para-hydroxylation sites is 1. The van der Waals surface area contributed by atoms with Crippen molar-refractivity contribution in [2.45, 2.75) is 38.5 Å². The molecule has 4 nitrogen and oxygen atoms in total. The number of carbonyl (C=O) groups is 1. The minimum atomic E-state index is 0. The van der Waals surface area contributed by atoms with E-state index < -0.39 is 0 Å². The minimum absolute atomic E-state index is 0. The van der Waals surface area contributed by atoms with Crippen LogP contribution >= 0.6 is 24.0 Å². The molecule has 0 aromatic heterocycles. The van der Waals surface area contributed by atoms with Crippen LogP contribution < -0.4 is 4.74 Å². The maximum absolute atomic E-state index is 12.3. The third-order valence-electron chi connectivity index (χ3n) is 5.46. The van der Waals surface area contributed by atoms with Gasteiger partial charge in [0.25, 0.3) is 5.91 Å². The van der Waals surface area contributed by atoms with Gasteiger partial charge in [-0.2, -0.15) is 0 Å². The van der Waals surface area contributed by atoms with Crippen LogP contribution in [0.25, 0.3) is 0 Å². The second-order valence-electron chi connectivity index (χ2n) is 7.23. The maximum atomic E-state index is 12.3. The molecule has 26 heavy (non-hydrogen) atoms. The fourth-order valence-corrected chi connectivity index (χ4v) is 4.00. The zero-order valence-electron chi connectivity index (χ0n) is 15.4. The molecule has 0 saturated carbocycles. The SMILES string of the molecule is Cl.O=C(COc1ccccc1Cl)N1CCC(CCN2CCCCC2)CC1. The van der Waals surface area contributed by atoms with Gasteiger partial charge in [-0.25, -0.2) is 0 Å². The van der Waals surface area contributed by atoms with Crippen LogP contribution in [-0.4, -0.2) is 55.0 Å². The summed E-state index contributed by atoms with van der Waals surface area (Å²) in [6, 6.07) is 7.28.